The van der Waals surface area contributed by atoms with Crippen LogP contribution in [-0.4, -0.2) is 11.6 Å². The van der Waals surface area contributed by atoms with Gasteiger partial charge in [0.2, 0.25) is 0 Å². The van der Waals surface area contributed by atoms with Gasteiger partial charge in [0.15, 0.2) is 11.6 Å². The normalized spacial score (nSPS) is 15.6. The summed E-state index contributed by atoms with van der Waals surface area (Å²) in [4.78, 5) is 24.2. The third kappa shape index (κ3) is 3.29. The van der Waals surface area contributed by atoms with Gasteiger partial charge in [-0.15, -0.1) is 0 Å². The molecule has 2 nitrogen and oxygen atoms in total. The molecule has 5 rings (SSSR count). The van der Waals surface area contributed by atoms with Crippen LogP contribution >= 0.6 is 0 Å². The molecule has 0 spiro atoms. The van der Waals surface area contributed by atoms with Gasteiger partial charge in [0.05, 0.1) is 0 Å². The van der Waals surface area contributed by atoms with Crippen LogP contribution in [0.15, 0.2) is 109 Å². The maximum Gasteiger partial charge on any atom is 0.179 e. The second-order valence-corrected chi connectivity index (χ2v) is 7.35. The highest BCUT2D eigenvalue weighted by Crippen LogP contribution is 2.38. The first kappa shape index (κ1) is 18.0. The van der Waals surface area contributed by atoms with E-state index in [2.05, 4.69) is 0 Å². The Bertz CT molecular complexity index is 1170. The van der Waals surface area contributed by atoms with Crippen molar-refractivity contribution < 1.29 is 9.59 Å². The summed E-state index contributed by atoms with van der Waals surface area (Å²) in [6.07, 6.45) is 6.75. The van der Waals surface area contributed by atoms with Gasteiger partial charge in [-0.05, 0) is 68.9 Å². The molecule has 0 heterocycles. The number of rotatable bonds is 4. The molecule has 0 bridgehead atoms. The molecule has 30 heavy (non-hydrogen) atoms. The minimum Gasteiger partial charge on any atom is -0.290 e. The van der Waals surface area contributed by atoms with Crippen molar-refractivity contribution in [1.29, 1.82) is 0 Å². The van der Waals surface area contributed by atoms with Gasteiger partial charge in [0, 0.05) is 0 Å². The zero-order valence-electron chi connectivity index (χ0n) is 16.2. The van der Waals surface area contributed by atoms with Crippen LogP contribution in [0.5, 0.6) is 0 Å². The largest absolute Gasteiger partial charge is 0.290 e. The van der Waals surface area contributed by atoms with Crippen LogP contribution in [0.2, 0.25) is 0 Å². The van der Waals surface area contributed by atoms with E-state index in [9.17, 15) is 9.59 Å². The van der Waals surface area contributed by atoms with Crippen molar-refractivity contribution in [2.75, 3.05) is 0 Å². The first-order valence-corrected chi connectivity index (χ1v) is 9.86. The lowest BCUT2D eigenvalue weighted by atomic mass is 9.91. The van der Waals surface area contributed by atoms with E-state index in [-0.39, 0.29) is 11.6 Å². The molecule has 0 saturated heterocycles. The second-order valence-electron chi connectivity index (χ2n) is 7.35. The van der Waals surface area contributed by atoms with Crippen molar-refractivity contribution in [2.45, 2.75) is 0 Å². The standard InChI is InChI=1S/C28H18O2/c29-23-15-25(19-7-3-1-4-8-19)27(17-23)21-11-13-22(14-12-21)28-18-24(30)16-26(28)20-9-5-2-6-10-20/h1-18H. The lowest BCUT2D eigenvalue weighted by Gasteiger charge is -2.12. The van der Waals surface area contributed by atoms with Gasteiger partial charge in [-0.2, -0.15) is 0 Å². The van der Waals surface area contributed by atoms with Gasteiger partial charge in [-0.1, -0.05) is 84.9 Å². The summed E-state index contributed by atoms with van der Waals surface area (Å²) in [5.41, 5.74) is 7.74. The number of carbonyl (C=O) groups is 2. The van der Waals surface area contributed by atoms with Gasteiger partial charge >= 0.3 is 0 Å². The summed E-state index contributed by atoms with van der Waals surface area (Å²) in [5.74, 6) is 0.0117. The van der Waals surface area contributed by atoms with Crippen molar-refractivity contribution in [1.82, 2.24) is 0 Å². The number of hydrogen-bond donors (Lipinski definition) is 0. The summed E-state index contributed by atoms with van der Waals surface area (Å²) in [6, 6.07) is 27.9. The molecule has 0 radical (unpaired) electrons. The number of carbonyl (C=O) groups excluding carboxylic acids is 2. The van der Waals surface area contributed by atoms with Crippen molar-refractivity contribution in [3.63, 3.8) is 0 Å². The van der Waals surface area contributed by atoms with Gasteiger partial charge in [-0.25, -0.2) is 0 Å². The third-order valence-corrected chi connectivity index (χ3v) is 5.40. The molecule has 0 saturated carbocycles. The van der Waals surface area contributed by atoms with E-state index in [1.54, 1.807) is 24.3 Å². The fourth-order valence-corrected chi connectivity index (χ4v) is 3.98. The zero-order chi connectivity index (χ0) is 20.5. The summed E-state index contributed by atoms with van der Waals surface area (Å²) >= 11 is 0. The average molecular weight is 386 g/mol. The smallest absolute Gasteiger partial charge is 0.179 e. The Balaban J connectivity index is 1.48. The molecule has 0 aromatic heterocycles. The molecule has 0 N–H and O–H groups in total. The Labute approximate surface area is 175 Å². The van der Waals surface area contributed by atoms with Crippen LogP contribution in [0.25, 0.3) is 22.3 Å². The maximum absolute atomic E-state index is 12.1. The van der Waals surface area contributed by atoms with Crippen LogP contribution in [-0.2, 0) is 9.59 Å². The Kier molecular flexibility index (Phi) is 4.45. The molecule has 2 heteroatoms. The van der Waals surface area contributed by atoms with Crippen LogP contribution in [0, 0.1) is 0 Å². The van der Waals surface area contributed by atoms with E-state index in [1.165, 1.54) is 0 Å². The Morgan fingerprint density at radius 3 is 0.900 bits per heavy atom. The predicted molar refractivity (Wildman–Crippen MR) is 121 cm³/mol. The van der Waals surface area contributed by atoms with Crippen LogP contribution < -0.4 is 0 Å². The van der Waals surface area contributed by atoms with Gasteiger partial charge in [0.25, 0.3) is 0 Å². The molecule has 0 amide bonds. The number of ketones is 2. The fourth-order valence-electron chi connectivity index (χ4n) is 3.98. The van der Waals surface area contributed by atoms with E-state index in [0.717, 1.165) is 44.5 Å². The van der Waals surface area contributed by atoms with Crippen LogP contribution in [0.3, 0.4) is 0 Å². The van der Waals surface area contributed by atoms with Crippen LogP contribution in [0.1, 0.15) is 22.3 Å². The third-order valence-electron chi connectivity index (χ3n) is 5.40. The number of allylic oxidation sites excluding steroid dienone is 8. The van der Waals surface area contributed by atoms with E-state index >= 15 is 0 Å². The monoisotopic (exact) mass is 386 g/mol. The average Bonchev–Trinajstić information content (AvgIpc) is 3.38. The molecular formula is C28H18O2. The van der Waals surface area contributed by atoms with E-state index in [1.807, 2.05) is 84.9 Å². The zero-order valence-corrected chi connectivity index (χ0v) is 16.2. The van der Waals surface area contributed by atoms with Crippen molar-refractivity contribution >= 4 is 33.9 Å². The summed E-state index contributed by atoms with van der Waals surface area (Å²) in [5, 5.41) is 0. The number of hydrogen-bond acceptors (Lipinski definition) is 2. The predicted octanol–water partition coefficient (Wildman–Crippen LogP) is 5.79. The maximum atomic E-state index is 12.1. The molecule has 0 atom stereocenters. The van der Waals surface area contributed by atoms with Gasteiger partial charge < -0.3 is 0 Å². The molecule has 0 fully saturated rings. The Morgan fingerprint density at radius 1 is 0.333 bits per heavy atom. The van der Waals surface area contributed by atoms with Crippen molar-refractivity contribution in [3.8, 4) is 0 Å². The summed E-state index contributed by atoms with van der Waals surface area (Å²) in [7, 11) is 0. The lowest BCUT2D eigenvalue weighted by Crippen LogP contribution is -1.91. The fraction of sp³-hybridized carbons (Fsp3) is 0. The summed E-state index contributed by atoms with van der Waals surface area (Å²) < 4.78 is 0. The highest BCUT2D eigenvalue weighted by atomic mass is 16.1. The minimum absolute atomic E-state index is 0.00586. The van der Waals surface area contributed by atoms with Crippen LogP contribution in [0.4, 0.5) is 0 Å². The topological polar surface area (TPSA) is 34.1 Å². The molecule has 142 valence electrons. The second kappa shape index (κ2) is 7.41. The molecule has 0 aliphatic heterocycles. The molecule has 3 aromatic carbocycles. The van der Waals surface area contributed by atoms with Crippen molar-refractivity contribution in [2.24, 2.45) is 0 Å². The molecular weight excluding hydrogens is 368 g/mol. The first-order chi connectivity index (χ1) is 14.7. The first-order valence-electron chi connectivity index (χ1n) is 9.86. The van der Waals surface area contributed by atoms with E-state index in [4.69, 9.17) is 0 Å². The number of benzene rings is 3. The summed E-state index contributed by atoms with van der Waals surface area (Å²) in [6.45, 7) is 0. The van der Waals surface area contributed by atoms with E-state index in [0.29, 0.717) is 0 Å². The van der Waals surface area contributed by atoms with Gasteiger partial charge in [-0.3, -0.25) is 9.59 Å². The quantitative estimate of drug-likeness (QED) is 0.569. The lowest BCUT2D eigenvalue weighted by molar-refractivity contribution is -0.111. The minimum atomic E-state index is 0.00586. The molecule has 0 unspecified atom stereocenters. The van der Waals surface area contributed by atoms with E-state index < -0.39 is 0 Å². The molecule has 2 aliphatic rings. The highest BCUT2D eigenvalue weighted by molar-refractivity contribution is 6.27. The molecule has 2 aliphatic carbocycles. The van der Waals surface area contributed by atoms with Crippen molar-refractivity contribution in [3.05, 3.63) is 131 Å². The molecule has 3 aromatic rings. The Morgan fingerprint density at radius 2 is 0.600 bits per heavy atom. The SMILES string of the molecule is O=C1C=C(c2ccccc2)C(c2ccc(C3=CC(=O)C=C3c3ccccc3)cc2)=C1. The Hall–Kier alpha value is -4.04. The highest BCUT2D eigenvalue weighted by Gasteiger charge is 2.21. The van der Waals surface area contributed by atoms with Gasteiger partial charge in [0.1, 0.15) is 0 Å².